The largest absolute Gasteiger partial charge is 0.481 e. The molecular formula is C14H17N3O4. The number of nitrogens with two attached hydrogens (primary N) is 1. The molecule has 0 aromatic heterocycles. The lowest BCUT2D eigenvalue weighted by atomic mass is 10.1. The third-order valence-corrected chi connectivity index (χ3v) is 3.44. The minimum absolute atomic E-state index is 0.185. The van der Waals surface area contributed by atoms with E-state index in [4.69, 9.17) is 10.8 Å². The molecule has 2 rings (SSSR count). The highest BCUT2D eigenvalue weighted by Gasteiger charge is 2.32. The maximum Gasteiger partial charge on any atom is 0.322 e. The molecular weight excluding hydrogens is 274 g/mol. The minimum Gasteiger partial charge on any atom is -0.481 e. The standard InChI is InChI=1S/C14H17N3O4/c15-13(20)11-6-3-7-17(11)14(21)16-10-5-2-1-4-9(10)8-12(18)19/h1-2,4-5,11H,3,6-8H2,(H2,15,20)(H,16,21)(H,18,19). The summed E-state index contributed by atoms with van der Waals surface area (Å²) in [4.78, 5) is 35.7. The molecule has 1 saturated heterocycles. The van der Waals surface area contributed by atoms with Crippen LogP contribution in [-0.2, 0) is 16.0 Å². The van der Waals surface area contributed by atoms with Crippen LogP contribution in [-0.4, -0.2) is 40.5 Å². The fraction of sp³-hybridized carbons (Fsp3) is 0.357. The van der Waals surface area contributed by atoms with Crippen LogP contribution < -0.4 is 11.1 Å². The van der Waals surface area contributed by atoms with Crippen molar-refractivity contribution < 1.29 is 19.5 Å². The molecule has 0 bridgehead atoms. The van der Waals surface area contributed by atoms with Crippen LogP contribution in [0.4, 0.5) is 10.5 Å². The van der Waals surface area contributed by atoms with E-state index < -0.39 is 23.9 Å². The predicted molar refractivity (Wildman–Crippen MR) is 75.7 cm³/mol. The molecule has 1 atom stereocenters. The quantitative estimate of drug-likeness (QED) is 0.761. The molecule has 21 heavy (non-hydrogen) atoms. The van der Waals surface area contributed by atoms with Gasteiger partial charge in [-0.25, -0.2) is 4.79 Å². The highest BCUT2D eigenvalue weighted by molar-refractivity contribution is 5.94. The van der Waals surface area contributed by atoms with E-state index in [1.807, 2.05) is 0 Å². The molecule has 112 valence electrons. The SMILES string of the molecule is NC(=O)C1CCCN1C(=O)Nc1ccccc1CC(=O)O. The Kier molecular flexibility index (Phi) is 4.42. The van der Waals surface area contributed by atoms with Crippen molar-refractivity contribution in [2.75, 3.05) is 11.9 Å². The Bertz CT molecular complexity index is 573. The van der Waals surface area contributed by atoms with Crippen molar-refractivity contribution in [3.8, 4) is 0 Å². The van der Waals surface area contributed by atoms with Crippen LogP contribution in [0.25, 0.3) is 0 Å². The van der Waals surface area contributed by atoms with Gasteiger partial charge in [-0.2, -0.15) is 0 Å². The number of amides is 3. The summed E-state index contributed by atoms with van der Waals surface area (Å²) >= 11 is 0. The number of rotatable bonds is 4. The van der Waals surface area contributed by atoms with Gasteiger partial charge in [0, 0.05) is 12.2 Å². The van der Waals surface area contributed by atoms with Crippen LogP contribution in [0.15, 0.2) is 24.3 Å². The van der Waals surface area contributed by atoms with Crippen LogP contribution >= 0.6 is 0 Å². The number of carbonyl (C=O) groups excluding carboxylic acids is 2. The summed E-state index contributed by atoms with van der Waals surface area (Å²) in [5.74, 6) is -1.51. The van der Waals surface area contributed by atoms with Gasteiger partial charge in [-0.1, -0.05) is 18.2 Å². The number of hydrogen-bond donors (Lipinski definition) is 3. The number of para-hydroxylation sites is 1. The Morgan fingerprint density at radius 2 is 2.05 bits per heavy atom. The maximum atomic E-state index is 12.2. The van der Waals surface area contributed by atoms with Gasteiger partial charge in [-0.05, 0) is 24.5 Å². The predicted octanol–water partition coefficient (Wildman–Crippen LogP) is 0.795. The summed E-state index contributed by atoms with van der Waals surface area (Å²) < 4.78 is 0. The molecule has 7 nitrogen and oxygen atoms in total. The Morgan fingerprint density at radius 3 is 2.71 bits per heavy atom. The molecule has 4 N–H and O–H groups in total. The summed E-state index contributed by atoms with van der Waals surface area (Å²) in [6.45, 7) is 0.459. The molecule has 0 aliphatic carbocycles. The molecule has 1 aliphatic rings. The first-order valence-corrected chi connectivity index (χ1v) is 6.65. The zero-order chi connectivity index (χ0) is 15.4. The van der Waals surface area contributed by atoms with E-state index in [0.29, 0.717) is 24.2 Å². The number of nitrogens with one attached hydrogen (secondary N) is 1. The number of aliphatic carboxylic acids is 1. The smallest absolute Gasteiger partial charge is 0.322 e. The lowest BCUT2D eigenvalue weighted by Gasteiger charge is -2.23. The van der Waals surface area contributed by atoms with Crippen LogP contribution in [0.2, 0.25) is 0 Å². The summed E-state index contributed by atoms with van der Waals surface area (Å²) in [7, 11) is 0. The number of anilines is 1. The molecule has 1 aromatic carbocycles. The first-order chi connectivity index (χ1) is 9.99. The number of carboxylic acid groups (broad SMARTS) is 1. The van der Waals surface area contributed by atoms with E-state index in [1.54, 1.807) is 24.3 Å². The highest BCUT2D eigenvalue weighted by Crippen LogP contribution is 2.21. The molecule has 1 fully saturated rings. The number of primary amides is 1. The second-order valence-electron chi connectivity index (χ2n) is 4.91. The third kappa shape index (κ3) is 3.50. The van der Waals surface area contributed by atoms with Gasteiger partial charge in [-0.15, -0.1) is 0 Å². The van der Waals surface area contributed by atoms with Crippen LogP contribution in [0.1, 0.15) is 18.4 Å². The Hall–Kier alpha value is -2.57. The van der Waals surface area contributed by atoms with Crippen molar-refractivity contribution in [3.63, 3.8) is 0 Å². The third-order valence-electron chi connectivity index (χ3n) is 3.44. The average Bonchev–Trinajstić information content (AvgIpc) is 2.90. The van der Waals surface area contributed by atoms with Gasteiger partial charge in [0.25, 0.3) is 0 Å². The van der Waals surface area contributed by atoms with Crippen molar-refractivity contribution >= 4 is 23.6 Å². The lowest BCUT2D eigenvalue weighted by Crippen LogP contribution is -2.45. The van der Waals surface area contributed by atoms with Gasteiger partial charge < -0.3 is 21.1 Å². The number of benzene rings is 1. The monoisotopic (exact) mass is 291 g/mol. The molecule has 0 radical (unpaired) electrons. The second-order valence-corrected chi connectivity index (χ2v) is 4.91. The number of carbonyl (C=O) groups is 3. The summed E-state index contributed by atoms with van der Waals surface area (Å²) in [6, 6.07) is 5.64. The van der Waals surface area contributed by atoms with Gasteiger partial charge >= 0.3 is 12.0 Å². The van der Waals surface area contributed by atoms with Gasteiger partial charge in [-0.3, -0.25) is 9.59 Å². The lowest BCUT2D eigenvalue weighted by molar-refractivity contribution is -0.136. The Balaban J connectivity index is 2.12. The first kappa shape index (κ1) is 14.8. The number of nitrogens with zero attached hydrogens (tertiary/aromatic N) is 1. The maximum absolute atomic E-state index is 12.2. The fourth-order valence-electron chi connectivity index (χ4n) is 2.45. The molecule has 3 amide bonds. The highest BCUT2D eigenvalue weighted by atomic mass is 16.4. The summed E-state index contributed by atoms with van der Waals surface area (Å²) in [5.41, 5.74) is 6.21. The average molecular weight is 291 g/mol. The number of carboxylic acids is 1. The molecule has 0 saturated carbocycles. The van der Waals surface area contributed by atoms with Gasteiger partial charge in [0.2, 0.25) is 5.91 Å². The van der Waals surface area contributed by atoms with E-state index in [1.165, 1.54) is 4.90 Å². The summed E-state index contributed by atoms with van der Waals surface area (Å²) in [6.07, 6.45) is 1.09. The molecule has 0 spiro atoms. The molecule has 1 aliphatic heterocycles. The van der Waals surface area contributed by atoms with E-state index in [2.05, 4.69) is 5.32 Å². The van der Waals surface area contributed by atoms with Crippen molar-refractivity contribution in [1.82, 2.24) is 4.90 Å². The van der Waals surface area contributed by atoms with Crippen molar-refractivity contribution in [2.24, 2.45) is 5.73 Å². The number of likely N-dealkylation sites (tertiary alicyclic amines) is 1. The number of hydrogen-bond acceptors (Lipinski definition) is 3. The molecule has 1 aromatic rings. The zero-order valence-corrected chi connectivity index (χ0v) is 11.4. The molecule has 7 heteroatoms. The normalized spacial score (nSPS) is 17.5. The van der Waals surface area contributed by atoms with E-state index in [-0.39, 0.29) is 6.42 Å². The van der Waals surface area contributed by atoms with Crippen molar-refractivity contribution in [3.05, 3.63) is 29.8 Å². The Morgan fingerprint density at radius 1 is 1.33 bits per heavy atom. The molecule has 1 heterocycles. The van der Waals surface area contributed by atoms with Crippen molar-refractivity contribution in [2.45, 2.75) is 25.3 Å². The zero-order valence-electron chi connectivity index (χ0n) is 11.4. The summed E-state index contributed by atoms with van der Waals surface area (Å²) in [5, 5.41) is 11.5. The van der Waals surface area contributed by atoms with Crippen LogP contribution in [0.3, 0.4) is 0 Å². The fourth-order valence-corrected chi connectivity index (χ4v) is 2.45. The van der Waals surface area contributed by atoms with Gasteiger partial charge in [0.15, 0.2) is 0 Å². The van der Waals surface area contributed by atoms with E-state index in [0.717, 1.165) is 6.42 Å². The second kappa shape index (κ2) is 6.25. The van der Waals surface area contributed by atoms with E-state index >= 15 is 0 Å². The topological polar surface area (TPSA) is 113 Å². The van der Waals surface area contributed by atoms with Crippen molar-refractivity contribution in [1.29, 1.82) is 0 Å². The Labute approximate surface area is 121 Å². The van der Waals surface area contributed by atoms with Gasteiger partial charge in [0.05, 0.1) is 6.42 Å². The van der Waals surface area contributed by atoms with Crippen LogP contribution in [0.5, 0.6) is 0 Å². The minimum atomic E-state index is -0.979. The van der Waals surface area contributed by atoms with Gasteiger partial charge in [0.1, 0.15) is 6.04 Å². The first-order valence-electron chi connectivity index (χ1n) is 6.65. The molecule has 1 unspecified atom stereocenters. The van der Waals surface area contributed by atoms with E-state index in [9.17, 15) is 14.4 Å². The van der Waals surface area contributed by atoms with Crippen LogP contribution in [0, 0.1) is 0 Å². The number of urea groups is 1.